The summed E-state index contributed by atoms with van der Waals surface area (Å²) in [7, 11) is 0. The third-order valence-electron chi connectivity index (χ3n) is 10.3. The predicted octanol–water partition coefficient (Wildman–Crippen LogP) is 15.6. The maximum absolute atomic E-state index is 2.46. The van der Waals surface area contributed by atoms with Crippen LogP contribution in [-0.2, 0) is 12.8 Å². The molecule has 7 rings (SSSR count). The standard InChI is InChI=1S/C46H50S2/c1-3-5-7-9-11-13-15-33-17-19-35-25-27-43-41(39(35)29-33)31-45(47-43)37-21-23-38(24-22-37)46-32-42-40-30-34(16-14-12-10-8-6-4-2)18-20-36(40)26-28-44(42)48-46/h17-32H,3-16H2,1-2H3. The summed E-state index contributed by atoms with van der Waals surface area (Å²) in [5.74, 6) is 0. The molecular weight excluding hydrogens is 617 g/mol. The van der Waals surface area contributed by atoms with Crippen LogP contribution in [0, 0.1) is 0 Å². The number of rotatable bonds is 16. The second kappa shape index (κ2) is 15.8. The molecule has 0 unspecified atom stereocenters. The third kappa shape index (κ3) is 7.56. The van der Waals surface area contributed by atoms with Crippen molar-refractivity contribution in [2.45, 2.75) is 104 Å². The summed E-state index contributed by atoms with van der Waals surface area (Å²) in [6.45, 7) is 4.58. The van der Waals surface area contributed by atoms with Gasteiger partial charge < -0.3 is 0 Å². The molecule has 0 fully saturated rings. The van der Waals surface area contributed by atoms with Crippen molar-refractivity contribution < 1.29 is 0 Å². The largest absolute Gasteiger partial charge is 0.135 e. The van der Waals surface area contributed by atoms with Crippen LogP contribution >= 0.6 is 22.7 Å². The van der Waals surface area contributed by atoms with Gasteiger partial charge in [-0.3, -0.25) is 0 Å². The van der Waals surface area contributed by atoms with E-state index in [4.69, 9.17) is 0 Å². The Morgan fingerprint density at radius 3 is 1.21 bits per heavy atom. The SMILES string of the molecule is CCCCCCCCc1ccc2ccc3sc(-c4ccc(-c5cc6c(ccc7ccc(CCCCCCCC)cc76)s5)cc4)cc3c2c1. The zero-order chi connectivity index (χ0) is 32.7. The van der Waals surface area contributed by atoms with E-state index < -0.39 is 0 Å². The van der Waals surface area contributed by atoms with Crippen molar-refractivity contribution in [2.75, 3.05) is 0 Å². The molecule has 0 radical (unpaired) electrons. The second-order valence-corrected chi connectivity index (χ2v) is 16.1. The normalized spacial score (nSPS) is 11.9. The van der Waals surface area contributed by atoms with Crippen LogP contribution in [0.5, 0.6) is 0 Å². The highest BCUT2D eigenvalue weighted by atomic mass is 32.1. The van der Waals surface area contributed by atoms with Gasteiger partial charge in [0, 0.05) is 29.9 Å². The molecule has 2 heterocycles. The fourth-order valence-corrected chi connectivity index (χ4v) is 9.55. The first kappa shape index (κ1) is 33.1. The molecule has 0 spiro atoms. The molecule has 0 aliphatic carbocycles. The number of aryl methyl sites for hydroxylation is 2. The number of fused-ring (bicyclic) bond motifs is 6. The maximum Gasteiger partial charge on any atom is 0.0355 e. The lowest BCUT2D eigenvalue weighted by atomic mass is 9.99. The Morgan fingerprint density at radius 1 is 0.375 bits per heavy atom. The number of benzene rings is 5. The van der Waals surface area contributed by atoms with Crippen LogP contribution < -0.4 is 0 Å². The Labute approximate surface area is 295 Å². The van der Waals surface area contributed by atoms with Crippen LogP contribution in [0.1, 0.15) is 102 Å². The molecule has 0 nitrogen and oxygen atoms in total. The predicted molar refractivity (Wildman–Crippen MR) is 217 cm³/mol. The van der Waals surface area contributed by atoms with Crippen molar-refractivity contribution >= 4 is 64.4 Å². The molecule has 5 aromatic carbocycles. The highest BCUT2D eigenvalue weighted by Crippen LogP contribution is 2.41. The summed E-state index contributed by atoms with van der Waals surface area (Å²) in [4.78, 5) is 2.70. The van der Waals surface area contributed by atoms with Gasteiger partial charge in [-0.1, -0.05) is 151 Å². The molecule has 0 atom stereocenters. The molecule has 7 aromatic rings. The van der Waals surface area contributed by atoms with E-state index in [2.05, 4.69) is 111 Å². The van der Waals surface area contributed by atoms with E-state index in [0.717, 1.165) is 0 Å². The van der Waals surface area contributed by atoms with E-state index in [-0.39, 0.29) is 0 Å². The molecule has 0 aliphatic heterocycles. The van der Waals surface area contributed by atoms with Crippen molar-refractivity contribution in [2.24, 2.45) is 0 Å². The summed E-state index contributed by atoms with van der Waals surface area (Å²) in [6.07, 6.45) is 18.5. The van der Waals surface area contributed by atoms with Crippen LogP contribution in [0.25, 0.3) is 62.6 Å². The molecule has 246 valence electrons. The van der Waals surface area contributed by atoms with Crippen molar-refractivity contribution in [3.63, 3.8) is 0 Å². The number of unbranched alkanes of at least 4 members (excludes halogenated alkanes) is 10. The number of hydrogen-bond donors (Lipinski definition) is 0. The van der Waals surface area contributed by atoms with Gasteiger partial charge in [0.05, 0.1) is 0 Å². The molecular formula is C46H50S2. The van der Waals surface area contributed by atoms with Crippen LogP contribution in [0.4, 0.5) is 0 Å². The topological polar surface area (TPSA) is 0 Å². The molecule has 0 amide bonds. The van der Waals surface area contributed by atoms with Gasteiger partial charge in [0.15, 0.2) is 0 Å². The highest BCUT2D eigenvalue weighted by Gasteiger charge is 2.12. The van der Waals surface area contributed by atoms with E-state index >= 15 is 0 Å². The van der Waals surface area contributed by atoms with Crippen molar-refractivity contribution in [3.05, 3.63) is 108 Å². The highest BCUT2D eigenvalue weighted by molar-refractivity contribution is 7.22. The van der Waals surface area contributed by atoms with Crippen molar-refractivity contribution in [3.8, 4) is 20.9 Å². The third-order valence-corrected chi connectivity index (χ3v) is 12.6. The van der Waals surface area contributed by atoms with Crippen molar-refractivity contribution in [1.29, 1.82) is 0 Å². The van der Waals surface area contributed by atoms with Crippen LogP contribution in [-0.4, -0.2) is 0 Å². The van der Waals surface area contributed by atoms with Gasteiger partial charge in [0.1, 0.15) is 0 Å². The fourth-order valence-electron chi connectivity index (χ4n) is 7.39. The van der Waals surface area contributed by atoms with Crippen molar-refractivity contribution in [1.82, 2.24) is 0 Å². The molecule has 0 saturated carbocycles. The fraction of sp³-hybridized carbons (Fsp3) is 0.348. The van der Waals surface area contributed by atoms with E-state index in [1.54, 1.807) is 0 Å². The smallest absolute Gasteiger partial charge is 0.0355 e. The second-order valence-electron chi connectivity index (χ2n) is 13.9. The summed E-state index contributed by atoms with van der Waals surface area (Å²) >= 11 is 3.84. The lowest BCUT2D eigenvalue weighted by molar-refractivity contribution is 0.607. The first-order valence-electron chi connectivity index (χ1n) is 18.7. The van der Waals surface area contributed by atoms with Gasteiger partial charge in [-0.05, 0) is 93.7 Å². The Bertz CT molecular complexity index is 1950. The number of thiophene rings is 2. The quantitative estimate of drug-likeness (QED) is 0.0901. The summed E-state index contributed by atoms with van der Waals surface area (Å²) in [6, 6.07) is 37.7. The first-order chi connectivity index (χ1) is 23.7. The average molecular weight is 667 g/mol. The van der Waals surface area contributed by atoms with Crippen LogP contribution in [0.2, 0.25) is 0 Å². The summed E-state index contributed by atoms with van der Waals surface area (Å²) in [5, 5.41) is 8.30. The van der Waals surface area contributed by atoms with Gasteiger partial charge >= 0.3 is 0 Å². The zero-order valence-electron chi connectivity index (χ0n) is 29.0. The van der Waals surface area contributed by atoms with Gasteiger partial charge in [-0.2, -0.15) is 0 Å². The molecule has 0 bridgehead atoms. The minimum atomic E-state index is 1.19. The lowest BCUT2D eigenvalue weighted by Gasteiger charge is -2.05. The molecule has 0 N–H and O–H groups in total. The average Bonchev–Trinajstić information content (AvgIpc) is 3.77. The lowest BCUT2D eigenvalue weighted by Crippen LogP contribution is -1.87. The molecule has 0 saturated heterocycles. The Kier molecular flexibility index (Phi) is 10.9. The minimum absolute atomic E-state index is 1.19. The minimum Gasteiger partial charge on any atom is -0.135 e. The van der Waals surface area contributed by atoms with E-state index in [1.807, 2.05) is 22.7 Å². The summed E-state index contributed by atoms with van der Waals surface area (Å²) in [5.41, 5.74) is 5.57. The Hall–Kier alpha value is -3.46. The monoisotopic (exact) mass is 666 g/mol. The van der Waals surface area contributed by atoms with Crippen LogP contribution in [0.3, 0.4) is 0 Å². The van der Waals surface area contributed by atoms with Crippen LogP contribution in [0.15, 0.2) is 97.1 Å². The molecule has 2 aromatic heterocycles. The maximum atomic E-state index is 2.46. The van der Waals surface area contributed by atoms with E-state index in [0.29, 0.717) is 0 Å². The summed E-state index contributed by atoms with van der Waals surface area (Å²) < 4.78 is 2.76. The van der Waals surface area contributed by atoms with Gasteiger partial charge in [0.2, 0.25) is 0 Å². The molecule has 2 heteroatoms. The van der Waals surface area contributed by atoms with Gasteiger partial charge in [0.25, 0.3) is 0 Å². The van der Waals surface area contributed by atoms with Gasteiger partial charge in [-0.15, -0.1) is 22.7 Å². The molecule has 0 aliphatic rings. The van der Waals surface area contributed by atoms with Gasteiger partial charge in [-0.25, -0.2) is 0 Å². The Morgan fingerprint density at radius 2 is 0.771 bits per heavy atom. The first-order valence-corrected chi connectivity index (χ1v) is 20.3. The zero-order valence-corrected chi connectivity index (χ0v) is 30.6. The number of hydrogen-bond acceptors (Lipinski definition) is 2. The van der Waals surface area contributed by atoms with E-state index in [9.17, 15) is 0 Å². The Balaban J connectivity index is 1.08. The van der Waals surface area contributed by atoms with E-state index in [1.165, 1.54) is 164 Å². The molecule has 48 heavy (non-hydrogen) atoms.